The van der Waals surface area contributed by atoms with E-state index in [1.807, 2.05) is 26.0 Å². The maximum absolute atomic E-state index is 13.4. The second-order valence-electron chi connectivity index (χ2n) is 11.0. The summed E-state index contributed by atoms with van der Waals surface area (Å²) in [7, 11) is 0. The quantitative estimate of drug-likeness (QED) is 0.264. The van der Waals surface area contributed by atoms with E-state index in [9.17, 15) is 14.4 Å². The summed E-state index contributed by atoms with van der Waals surface area (Å²) < 4.78 is 6.61. The number of amides is 3. The summed E-state index contributed by atoms with van der Waals surface area (Å²) in [4.78, 5) is 56.0. The van der Waals surface area contributed by atoms with Gasteiger partial charge in [0.15, 0.2) is 6.10 Å². The number of ether oxygens (including phenoxy) is 1. The van der Waals surface area contributed by atoms with Gasteiger partial charge in [0.05, 0.1) is 11.3 Å². The number of aryl methyl sites for hydroxylation is 4. The van der Waals surface area contributed by atoms with E-state index < -0.39 is 18.1 Å². The molecule has 0 saturated carbocycles. The van der Waals surface area contributed by atoms with Crippen LogP contribution in [0.25, 0.3) is 0 Å². The Morgan fingerprint density at radius 3 is 2.53 bits per heavy atom. The number of nitrogens with one attached hydrogen (secondary N) is 2. The number of piperazine rings is 1. The van der Waals surface area contributed by atoms with Crippen molar-refractivity contribution in [2.75, 3.05) is 38.0 Å². The molecular formula is C34H39N7O4. The molecule has 45 heavy (non-hydrogen) atoms. The molecule has 1 fully saturated rings. The number of pyridine rings is 1. The monoisotopic (exact) mass is 609 g/mol. The van der Waals surface area contributed by atoms with E-state index in [1.165, 1.54) is 6.08 Å². The van der Waals surface area contributed by atoms with E-state index in [1.54, 1.807) is 50.2 Å². The minimum Gasteiger partial charge on any atom is -0.482 e. The summed E-state index contributed by atoms with van der Waals surface area (Å²) in [5, 5.41) is 5.67. The fourth-order valence-electron chi connectivity index (χ4n) is 5.07. The van der Waals surface area contributed by atoms with Crippen LogP contribution in [0.2, 0.25) is 0 Å². The maximum Gasteiger partial charge on any atom is 0.257 e. The Bertz CT molecular complexity index is 1630. The molecule has 234 valence electrons. The fourth-order valence-corrected chi connectivity index (χ4v) is 5.07. The summed E-state index contributed by atoms with van der Waals surface area (Å²) in [6, 6.07) is 6.65. The van der Waals surface area contributed by atoms with Crippen molar-refractivity contribution in [3.05, 3.63) is 88.6 Å². The van der Waals surface area contributed by atoms with Gasteiger partial charge in [0.1, 0.15) is 23.4 Å². The molecule has 0 aliphatic carbocycles. The lowest BCUT2D eigenvalue weighted by Gasteiger charge is -2.39. The van der Waals surface area contributed by atoms with Gasteiger partial charge in [-0.2, -0.15) is 0 Å². The van der Waals surface area contributed by atoms with Crippen LogP contribution in [-0.2, 0) is 4.79 Å². The first-order valence-electron chi connectivity index (χ1n) is 14.8. The topological polar surface area (TPSA) is 130 Å². The fraction of sp³-hybridized carbons (Fsp3) is 0.353. The van der Waals surface area contributed by atoms with Crippen LogP contribution >= 0.6 is 0 Å². The van der Waals surface area contributed by atoms with Crippen LogP contribution < -0.4 is 15.4 Å². The second-order valence-corrected chi connectivity index (χ2v) is 11.0. The van der Waals surface area contributed by atoms with Gasteiger partial charge in [0.2, 0.25) is 5.91 Å². The Morgan fingerprint density at radius 2 is 1.87 bits per heavy atom. The third-order valence-electron chi connectivity index (χ3n) is 7.55. The Hall–Kier alpha value is -5.08. The van der Waals surface area contributed by atoms with Crippen LogP contribution in [0.15, 0.2) is 49.3 Å². The molecule has 0 bridgehead atoms. The summed E-state index contributed by atoms with van der Waals surface area (Å²) in [5.41, 5.74) is 3.50. The van der Waals surface area contributed by atoms with Crippen LogP contribution in [0.3, 0.4) is 0 Å². The van der Waals surface area contributed by atoms with Crippen LogP contribution in [0, 0.1) is 40.0 Å². The molecule has 4 rings (SSSR count). The van der Waals surface area contributed by atoms with Crippen LogP contribution in [0.1, 0.15) is 62.0 Å². The predicted molar refractivity (Wildman–Crippen MR) is 172 cm³/mol. The second kappa shape index (κ2) is 14.6. The molecule has 2 atom stereocenters. The van der Waals surface area contributed by atoms with Gasteiger partial charge in [-0.25, -0.2) is 9.97 Å². The molecule has 2 aromatic heterocycles. The number of carbonyl (C=O) groups is 3. The number of benzene rings is 1. The van der Waals surface area contributed by atoms with E-state index >= 15 is 0 Å². The highest BCUT2D eigenvalue weighted by atomic mass is 16.5. The molecule has 3 aromatic rings. The third kappa shape index (κ3) is 7.91. The predicted octanol–water partition coefficient (Wildman–Crippen LogP) is 3.56. The number of hydrogen-bond acceptors (Lipinski definition) is 8. The van der Waals surface area contributed by atoms with E-state index in [2.05, 4.69) is 43.0 Å². The first kappa shape index (κ1) is 32.8. The zero-order valence-electron chi connectivity index (χ0n) is 26.4. The number of hydrogen-bond donors (Lipinski definition) is 2. The standard InChI is InChI=1S/C34H39N7O4/c1-8-25-19-40(13-14-41(25)31(42)9-2)20-30(28-12-11-21(4)17-37-28)45-29-15-22(5)26(16-27(29)33(43)35-10-3)34(44)39-32-23(6)18-36-24(7)38-32/h1,9,11-12,15-18,25,30H,2,10,13-14,19-20H2,3-7H3,(H,35,43)(H,36,38,39,44)/t25-,30?/m1/s1. The van der Waals surface area contributed by atoms with Crippen molar-refractivity contribution in [3.8, 4) is 18.1 Å². The third-order valence-corrected chi connectivity index (χ3v) is 7.55. The van der Waals surface area contributed by atoms with Crippen molar-refractivity contribution >= 4 is 23.5 Å². The first-order chi connectivity index (χ1) is 21.5. The van der Waals surface area contributed by atoms with E-state index in [0.29, 0.717) is 72.5 Å². The van der Waals surface area contributed by atoms with Gasteiger partial charge in [0.25, 0.3) is 11.8 Å². The van der Waals surface area contributed by atoms with Gasteiger partial charge in [-0.15, -0.1) is 6.42 Å². The highest BCUT2D eigenvalue weighted by Crippen LogP contribution is 2.30. The summed E-state index contributed by atoms with van der Waals surface area (Å²) in [6.45, 7) is 14.9. The Labute approximate surface area is 264 Å². The van der Waals surface area contributed by atoms with Crippen molar-refractivity contribution in [1.82, 2.24) is 30.1 Å². The minimum absolute atomic E-state index is 0.207. The molecular weight excluding hydrogens is 570 g/mol. The largest absolute Gasteiger partial charge is 0.482 e. The molecule has 0 spiro atoms. The lowest BCUT2D eigenvalue weighted by molar-refractivity contribution is -0.129. The number of anilines is 1. The normalized spacial score (nSPS) is 15.5. The maximum atomic E-state index is 13.4. The minimum atomic E-state index is -0.593. The number of terminal acetylenes is 1. The van der Waals surface area contributed by atoms with Gasteiger partial charge in [0, 0.05) is 56.2 Å². The molecule has 2 N–H and O–H groups in total. The van der Waals surface area contributed by atoms with Crippen LogP contribution in [0.4, 0.5) is 5.82 Å². The molecule has 1 aliphatic heterocycles. The van der Waals surface area contributed by atoms with Gasteiger partial charge >= 0.3 is 0 Å². The van der Waals surface area contributed by atoms with Crippen LogP contribution in [0.5, 0.6) is 5.75 Å². The lowest BCUT2D eigenvalue weighted by Crippen LogP contribution is -2.55. The van der Waals surface area contributed by atoms with Crippen molar-refractivity contribution < 1.29 is 19.1 Å². The van der Waals surface area contributed by atoms with E-state index in [4.69, 9.17) is 11.2 Å². The molecule has 0 radical (unpaired) electrons. The highest BCUT2D eigenvalue weighted by molar-refractivity contribution is 6.07. The van der Waals surface area contributed by atoms with Crippen molar-refractivity contribution in [1.29, 1.82) is 0 Å². The van der Waals surface area contributed by atoms with Gasteiger partial charge in [-0.1, -0.05) is 18.6 Å². The van der Waals surface area contributed by atoms with Crippen molar-refractivity contribution in [2.24, 2.45) is 0 Å². The van der Waals surface area contributed by atoms with Gasteiger partial charge < -0.3 is 20.3 Å². The molecule has 11 nitrogen and oxygen atoms in total. The zero-order valence-corrected chi connectivity index (χ0v) is 26.4. The molecule has 3 amide bonds. The van der Waals surface area contributed by atoms with E-state index in [0.717, 1.165) is 5.56 Å². The first-order valence-corrected chi connectivity index (χ1v) is 14.8. The summed E-state index contributed by atoms with van der Waals surface area (Å²) in [6.07, 6.45) is 9.88. The average Bonchev–Trinajstić information content (AvgIpc) is 3.02. The van der Waals surface area contributed by atoms with Crippen LogP contribution in [-0.4, -0.2) is 81.2 Å². The molecule has 11 heteroatoms. The zero-order chi connectivity index (χ0) is 32.7. The number of aromatic nitrogens is 3. The number of nitrogens with zero attached hydrogens (tertiary/aromatic N) is 5. The summed E-state index contributed by atoms with van der Waals surface area (Å²) in [5.74, 6) is 2.96. The summed E-state index contributed by atoms with van der Waals surface area (Å²) >= 11 is 0. The van der Waals surface area contributed by atoms with Gasteiger partial charge in [-0.3, -0.25) is 24.3 Å². The smallest absolute Gasteiger partial charge is 0.257 e. The highest BCUT2D eigenvalue weighted by Gasteiger charge is 2.31. The molecule has 1 saturated heterocycles. The Balaban J connectivity index is 1.68. The number of rotatable bonds is 10. The van der Waals surface area contributed by atoms with Gasteiger partial charge in [-0.05, 0) is 70.0 Å². The SMILES string of the molecule is C#C[C@@H]1CN(CC(Oc2cc(C)c(C(=O)Nc3nc(C)ncc3C)cc2C(=O)NCC)c2ccc(C)cn2)CCN1C(=O)C=C. The molecule has 3 heterocycles. The average molecular weight is 610 g/mol. The van der Waals surface area contributed by atoms with E-state index in [-0.39, 0.29) is 17.4 Å². The molecule has 1 unspecified atom stereocenters. The molecule has 1 aromatic carbocycles. The Kier molecular flexibility index (Phi) is 10.6. The lowest BCUT2D eigenvalue weighted by atomic mass is 10.0. The number of carbonyl (C=O) groups excluding carboxylic acids is 3. The van der Waals surface area contributed by atoms with Crippen molar-refractivity contribution in [2.45, 2.75) is 46.8 Å². The van der Waals surface area contributed by atoms with Crippen molar-refractivity contribution in [3.63, 3.8) is 0 Å². The Morgan fingerprint density at radius 1 is 1.09 bits per heavy atom. The molecule has 1 aliphatic rings.